The van der Waals surface area contributed by atoms with Crippen LogP contribution in [-0.4, -0.2) is 35.8 Å². The Kier molecular flexibility index (Phi) is 4.19. The van der Waals surface area contributed by atoms with Crippen LogP contribution >= 0.6 is 0 Å². The third-order valence-corrected chi connectivity index (χ3v) is 3.65. The van der Waals surface area contributed by atoms with E-state index in [-0.39, 0.29) is 37.4 Å². The maximum absolute atomic E-state index is 12.1. The topological polar surface area (TPSA) is 63.7 Å². The molecule has 0 atom stereocenters. The molecule has 0 bridgehead atoms. The quantitative estimate of drug-likeness (QED) is 0.626. The first-order valence-corrected chi connectivity index (χ1v) is 7.31. The summed E-state index contributed by atoms with van der Waals surface area (Å²) in [6.07, 6.45) is 0.170. The molecule has 23 heavy (non-hydrogen) atoms. The first-order chi connectivity index (χ1) is 11.2. The van der Waals surface area contributed by atoms with Gasteiger partial charge in [0.05, 0.1) is 24.1 Å². The Morgan fingerprint density at radius 3 is 2.04 bits per heavy atom. The molecule has 0 unspecified atom stereocenters. The van der Waals surface area contributed by atoms with Crippen LogP contribution in [0.15, 0.2) is 54.6 Å². The molecule has 2 aromatic rings. The number of hydrogen-bond donors (Lipinski definition) is 0. The van der Waals surface area contributed by atoms with E-state index in [1.54, 1.807) is 24.3 Å². The lowest BCUT2D eigenvalue weighted by Crippen LogP contribution is -2.33. The molecule has 0 aromatic heterocycles. The lowest BCUT2D eigenvalue weighted by molar-refractivity contribution is -0.143. The molecular formula is C18H15NO4. The highest BCUT2D eigenvalue weighted by molar-refractivity contribution is 6.21. The number of imide groups is 1. The number of carbonyl (C=O) groups is 3. The molecule has 1 aliphatic rings. The first kappa shape index (κ1) is 15.0. The van der Waals surface area contributed by atoms with Crippen LogP contribution in [0.4, 0.5) is 0 Å². The highest BCUT2D eigenvalue weighted by Gasteiger charge is 2.34. The zero-order valence-corrected chi connectivity index (χ0v) is 12.4. The van der Waals surface area contributed by atoms with Gasteiger partial charge in [0.1, 0.15) is 6.61 Å². The van der Waals surface area contributed by atoms with Crippen molar-refractivity contribution in [2.24, 2.45) is 0 Å². The number of fused-ring (bicyclic) bond motifs is 1. The summed E-state index contributed by atoms with van der Waals surface area (Å²) < 4.78 is 5.12. The summed E-state index contributed by atoms with van der Waals surface area (Å²) in [5.41, 5.74) is 1.65. The standard InChI is InChI=1S/C18H15NO4/c20-16(12-13-6-2-1-3-7-13)23-11-10-19-17(21)14-8-4-5-9-15(14)18(19)22/h1-9H,10-12H2. The number of amides is 2. The zero-order chi connectivity index (χ0) is 16.2. The molecule has 0 aliphatic carbocycles. The molecule has 2 aromatic carbocycles. The lowest BCUT2D eigenvalue weighted by Gasteiger charge is -2.13. The first-order valence-electron chi connectivity index (χ1n) is 7.31. The van der Waals surface area contributed by atoms with Gasteiger partial charge in [-0.3, -0.25) is 19.3 Å². The molecule has 0 radical (unpaired) electrons. The fourth-order valence-corrected chi connectivity index (χ4v) is 2.51. The molecule has 0 fully saturated rings. The number of carbonyl (C=O) groups excluding carboxylic acids is 3. The zero-order valence-electron chi connectivity index (χ0n) is 12.4. The molecule has 0 spiro atoms. The summed E-state index contributed by atoms with van der Waals surface area (Å²) >= 11 is 0. The Balaban J connectivity index is 1.53. The van der Waals surface area contributed by atoms with Gasteiger partial charge < -0.3 is 4.74 Å². The van der Waals surface area contributed by atoms with Crippen LogP contribution in [0.5, 0.6) is 0 Å². The molecule has 0 N–H and O–H groups in total. The van der Waals surface area contributed by atoms with Crippen molar-refractivity contribution >= 4 is 17.8 Å². The van der Waals surface area contributed by atoms with Crippen molar-refractivity contribution in [2.45, 2.75) is 6.42 Å². The van der Waals surface area contributed by atoms with Gasteiger partial charge in [0.25, 0.3) is 11.8 Å². The van der Waals surface area contributed by atoms with E-state index in [2.05, 4.69) is 0 Å². The molecule has 3 rings (SSSR count). The van der Waals surface area contributed by atoms with Crippen molar-refractivity contribution in [3.63, 3.8) is 0 Å². The van der Waals surface area contributed by atoms with Gasteiger partial charge in [-0.15, -0.1) is 0 Å². The molecule has 1 aliphatic heterocycles. The third kappa shape index (κ3) is 3.13. The van der Waals surface area contributed by atoms with Crippen molar-refractivity contribution in [2.75, 3.05) is 13.2 Å². The van der Waals surface area contributed by atoms with E-state index >= 15 is 0 Å². The van der Waals surface area contributed by atoms with Crippen LogP contribution in [0, 0.1) is 0 Å². The summed E-state index contributed by atoms with van der Waals surface area (Å²) in [5.74, 6) is -1.07. The average molecular weight is 309 g/mol. The highest BCUT2D eigenvalue weighted by Crippen LogP contribution is 2.21. The number of hydrogen-bond acceptors (Lipinski definition) is 4. The van der Waals surface area contributed by atoms with Gasteiger partial charge in [-0.1, -0.05) is 42.5 Å². The van der Waals surface area contributed by atoms with Crippen LogP contribution < -0.4 is 0 Å². The van der Waals surface area contributed by atoms with E-state index in [9.17, 15) is 14.4 Å². The minimum Gasteiger partial charge on any atom is -0.464 e. The molecule has 5 heteroatoms. The Bertz CT molecular complexity index is 720. The summed E-state index contributed by atoms with van der Waals surface area (Å²) in [5, 5.41) is 0. The second kappa shape index (κ2) is 6.44. The Labute approximate surface area is 133 Å². The normalized spacial score (nSPS) is 13.1. The fourth-order valence-electron chi connectivity index (χ4n) is 2.51. The average Bonchev–Trinajstić information content (AvgIpc) is 2.81. The number of ether oxygens (including phenoxy) is 1. The second-order valence-electron chi connectivity index (χ2n) is 5.19. The summed E-state index contributed by atoms with van der Waals surface area (Å²) in [7, 11) is 0. The summed E-state index contributed by atoms with van der Waals surface area (Å²) in [6.45, 7) is 0.0595. The van der Waals surface area contributed by atoms with E-state index in [0.29, 0.717) is 11.1 Å². The maximum Gasteiger partial charge on any atom is 0.310 e. The van der Waals surface area contributed by atoms with E-state index in [1.165, 1.54) is 0 Å². The lowest BCUT2D eigenvalue weighted by atomic mass is 10.1. The monoisotopic (exact) mass is 309 g/mol. The van der Waals surface area contributed by atoms with Crippen molar-refractivity contribution in [3.8, 4) is 0 Å². The van der Waals surface area contributed by atoms with E-state index in [1.807, 2.05) is 30.3 Å². The molecule has 5 nitrogen and oxygen atoms in total. The summed E-state index contributed by atoms with van der Waals surface area (Å²) in [6, 6.07) is 15.9. The van der Waals surface area contributed by atoms with Crippen LogP contribution in [-0.2, 0) is 16.0 Å². The van der Waals surface area contributed by atoms with Crippen molar-refractivity contribution < 1.29 is 19.1 Å². The van der Waals surface area contributed by atoms with Gasteiger partial charge in [0.15, 0.2) is 0 Å². The minimum absolute atomic E-state index is 0.00284. The molecule has 1 heterocycles. The fraction of sp³-hybridized carbons (Fsp3) is 0.167. The van der Waals surface area contributed by atoms with Crippen molar-refractivity contribution in [1.29, 1.82) is 0 Å². The van der Waals surface area contributed by atoms with Crippen molar-refractivity contribution in [1.82, 2.24) is 4.90 Å². The van der Waals surface area contributed by atoms with E-state index < -0.39 is 0 Å². The van der Waals surface area contributed by atoms with Crippen LogP contribution in [0.3, 0.4) is 0 Å². The summed E-state index contributed by atoms with van der Waals surface area (Å²) in [4.78, 5) is 37.1. The van der Waals surface area contributed by atoms with Gasteiger partial charge in [-0.05, 0) is 17.7 Å². The molecule has 0 saturated carbocycles. The largest absolute Gasteiger partial charge is 0.464 e. The van der Waals surface area contributed by atoms with Crippen LogP contribution in [0.25, 0.3) is 0 Å². The maximum atomic E-state index is 12.1. The Morgan fingerprint density at radius 1 is 0.870 bits per heavy atom. The third-order valence-electron chi connectivity index (χ3n) is 3.65. The predicted octanol–water partition coefficient (Wildman–Crippen LogP) is 2.07. The van der Waals surface area contributed by atoms with Gasteiger partial charge in [-0.25, -0.2) is 0 Å². The van der Waals surface area contributed by atoms with Gasteiger partial charge in [-0.2, -0.15) is 0 Å². The van der Waals surface area contributed by atoms with Gasteiger partial charge in [0.2, 0.25) is 0 Å². The minimum atomic E-state index is -0.382. The van der Waals surface area contributed by atoms with Crippen LogP contribution in [0.2, 0.25) is 0 Å². The van der Waals surface area contributed by atoms with Crippen LogP contribution in [0.1, 0.15) is 26.3 Å². The van der Waals surface area contributed by atoms with E-state index in [0.717, 1.165) is 10.5 Å². The number of esters is 1. The Hall–Kier alpha value is -2.95. The molecular weight excluding hydrogens is 294 g/mol. The smallest absolute Gasteiger partial charge is 0.310 e. The predicted molar refractivity (Wildman–Crippen MR) is 82.9 cm³/mol. The number of nitrogens with zero attached hydrogens (tertiary/aromatic N) is 1. The van der Waals surface area contributed by atoms with E-state index in [4.69, 9.17) is 4.74 Å². The molecule has 2 amide bonds. The van der Waals surface area contributed by atoms with Crippen molar-refractivity contribution in [3.05, 3.63) is 71.3 Å². The Morgan fingerprint density at radius 2 is 1.43 bits per heavy atom. The number of rotatable bonds is 5. The molecule has 0 saturated heterocycles. The SMILES string of the molecule is O=C(Cc1ccccc1)OCCN1C(=O)c2ccccc2C1=O. The number of benzene rings is 2. The molecule has 116 valence electrons. The van der Waals surface area contributed by atoms with Gasteiger partial charge in [0, 0.05) is 0 Å². The highest BCUT2D eigenvalue weighted by atomic mass is 16.5. The second-order valence-corrected chi connectivity index (χ2v) is 5.19. The van der Waals surface area contributed by atoms with Gasteiger partial charge >= 0.3 is 5.97 Å².